The van der Waals surface area contributed by atoms with Crippen LogP contribution >= 0.6 is 0 Å². The number of carbonyl (C=O) groups excluding carboxylic acids is 2. The molecule has 1 rings (SSSR count). The van der Waals surface area contributed by atoms with Crippen molar-refractivity contribution in [2.45, 2.75) is 32.7 Å². The van der Waals surface area contributed by atoms with Crippen LogP contribution in [0.2, 0.25) is 0 Å². The number of benzene rings is 1. The van der Waals surface area contributed by atoms with E-state index >= 15 is 0 Å². The summed E-state index contributed by atoms with van der Waals surface area (Å²) in [6.07, 6.45) is 0.151. The van der Waals surface area contributed by atoms with Gasteiger partial charge in [0.05, 0.1) is 5.56 Å². The Morgan fingerprint density at radius 3 is 2.55 bits per heavy atom. The van der Waals surface area contributed by atoms with Gasteiger partial charge in [-0.1, -0.05) is 0 Å². The van der Waals surface area contributed by atoms with Crippen LogP contribution in [-0.2, 0) is 4.79 Å². The van der Waals surface area contributed by atoms with Gasteiger partial charge in [-0.25, -0.2) is 4.39 Å². The Morgan fingerprint density at radius 2 is 1.95 bits per heavy atom. The van der Waals surface area contributed by atoms with Crippen LogP contribution in [0.5, 0.6) is 0 Å². The Hall–Kier alpha value is -2.11. The van der Waals surface area contributed by atoms with E-state index in [0.717, 1.165) is 6.07 Å². The van der Waals surface area contributed by atoms with Crippen LogP contribution in [0.4, 0.5) is 10.1 Å². The number of hydrogen-bond acceptors (Lipinski definition) is 3. The van der Waals surface area contributed by atoms with E-state index in [1.165, 1.54) is 12.1 Å². The van der Waals surface area contributed by atoms with Crippen molar-refractivity contribution in [3.05, 3.63) is 29.6 Å². The first-order chi connectivity index (χ1) is 9.19. The van der Waals surface area contributed by atoms with E-state index in [4.69, 9.17) is 5.73 Å². The standard InChI is InChI=1S/C14H20FN3O2/c1-14(2,3)18-12(19)6-7-17-13(20)10-8-9(15)4-5-11(10)16/h4-5,8H,6-7,16H2,1-3H3,(H,17,20)(H,18,19). The van der Waals surface area contributed by atoms with E-state index in [1.807, 2.05) is 20.8 Å². The lowest BCUT2D eigenvalue weighted by Gasteiger charge is -2.20. The predicted molar refractivity (Wildman–Crippen MR) is 75.7 cm³/mol. The molecule has 1 aromatic rings. The van der Waals surface area contributed by atoms with Gasteiger partial charge in [-0.3, -0.25) is 9.59 Å². The Bertz CT molecular complexity index is 510. The van der Waals surface area contributed by atoms with Crippen LogP contribution in [0.1, 0.15) is 37.6 Å². The molecule has 0 aliphatic carbocycles. The van der Waals surface area contributed by atoms with Crippen LogP contribution < -0.4 is 16.4 Å². The van der Waals surface area contributed by atoms with E-state index in [2.05, 4.69) is 10.6 Å². The molecule has 0 heterocycles. The smallest absolute Gasteiger partial charge is 0.253 e. The third kappa shape index (κ3) is 5.26. The van der Waals surface area contributed by atoms with Gasteiger partial charge in [-0.2, -0.15) is 0 Å². The number of rotatable bonds is 4. The van der Waals surface area contributed by atoms with Gasteiger partial charge in [0.15, 0.2) is 0 Å². The fraction of sp³-hybridized carbons (Fsp3) is 0.429. The van der Waals surface area contributed by atoms with Crippen molar-refractivity contribution < 1.29 is 14.0 Å². The van der Waals surface area contributed by atoms with Gasteiger partial charge in [0, 0.05) is 24.2 Å². The summed E-state index contributed by atoms with van der Waals surface area (Å²) in [5.41, 5.74) is 5.55. The number of halogens is 1. The zero-order valence-corrected chi connectivity index (χ0v) is 11.9. The molecular weight excluding hydrogens is 261 g/mol. The highest BCUT2D eigenvalue weighted by Crippen LogP contribution is 2.12. The molecule has 1 aromatic carbocycles. The molecule has 0 spiro atoms. The van der Waals surface area contributed by atoms with Crippen LogP contribution in [0, 0.1) is 5.82 Å². The molecule has 0 aromatic heterocycles. The third-order valence-corrected chi connectivity index (χ3v) is 2.41. The number of hydrogen-bond donors (Lipinski definition) is 3. The van der Waals surface area contributed by atoms with E-state index in [9.17, 15) is 14.0 Å². The van der Waals surface area contributed by atoms with Crippen LogP contribution in [0.25, 0.3) is 0 Å². The molecule has 20 heavy (non-hydrogen) atoms. The zero-order chi connectivity index (χ0) is 15.3. The van der Waals surface area contributed by atoms with Crippen LogP contribution in [0.3, 0.4) is 0 Å². The number of nitrogen functional groups attached to an aromatic ring is 1. The van der Waals surface area contributed by atoms with Gasteiger partial charge in [-0.15, -0.1) is 0 Å². The monoisotopic (exact) mass is 281 g/mol. The highest BCUT2D eigenvalue weighted by atomic mass is 19.1. The first-order valence-corrected chi connectivity index (χ1v) is 6.33. The molecule has 0 fully saturated rings. The molecule has 4 N–H and O–H groups in total. The van der Waals surface area contributed by atoms with E-state index in [1.54, 1.807) is 0 Å². The quantitative estimate of drug-likeness (QED) is 0.730. The van der Waals surface area contributed by atoms with Crippen molar-refractivity contribution in [1.29, 1.82) is 0 Å². The average molecular weight is 281 g/mol. The zero-order valence-electron chi connectivity index (χ0n) is 11.9. The lowest BCUT2D eigenvalue weighted by Crippen LogP contribution is -2.42. The SMILES string of the molecule is CC(C)(C)NC(=O)CCNC(=O)c1cc(F)ccc1N. The highest BCUT2D eigenvalue weighted by Gasteiger charge is 2.14. The Balaban J connectivity index is 2.48. The first-order valence-electron chi connectivity index (χ1n) is 6.33. The molecule has 0 aliphatic heterocycles. The number of amides is 2. The van der Waals surface area contributed by atoms with E-state index in [-0.39, 0.29) is 35.7 Å². The van der Waals surface area contributed by atoms with Gasteiger partial charge >= 0.3 is 0 Å². The second-order valence-electron chi connectivity index (χ2n) is 5.54. The average Bonchev–Trinajstić information content (AvgIpc) is 2.29. The normalized spacial score (nSPS) is 11.0. The summed E-state index contributed by atoms with van der Waals surface area (Å²) in [4.78, 5) is 23.3. The summed E-state index contributed by atoms with van der Waals surface area (Å²) in [5, 5.41) is 5.32. The number of nitrogens with one attached hydrogen (secondary N) is 2. The van der Waals surface area contributed by atoms with E-state index in [0.29, 0.717) is 0 Å². The Labute approximate surface area is 117 Å². The maximum Gasteiger partial charge on any atom is 0.253 e. The van der Waals surface area contributed by atoms with Crippen LogP contribution in [-0.4, -0.2) is 23.9 Å². The molecular formula is C14H20FN3O2. The Morgan fingerprint density at radius 1 is 1.30 bits per heavy atom. The minimum atomic E-state index is -0.533. The minimum Gasteiger partial charge on any atom is -0.398 e. The molecule has 110 valence electrons. The lowest BCUT2D eigenvalue weighted by molar-refractivity contribution is -0.122. The van der Waals surface area contributed by atoms with Gasteiger partial charge < -0.3 is 16.4 Å². The van der Waals surface area contributed by atoms with Crippen molar-refractivity contribution in [3.8, 4) is 0 Å². The molecule has 0 saturated heterocycles. The predicted octanol–water partition coefficient (Wildman–Crippen LogP) is 1.44. The maximum absolute atomic E-state index is 13.0. The topological polar surface area (TPSA) is 84.2 Å². The van der Waals surface area contributed by atoms with Crippen molar-refractivity contribution in [1.82, 2.24) is 10.6 Å². The van der Waals surface area contributed by atoms with Crippen molar-refractivity contribution in [2.75, 3.05) is 12.3 Å². The number of anilines is 1. The van der Waals surface area contributed by atoms with Crippen molar-refractivity contribution in [2.24, 2.45) is 0 Å². The molecule has 0 radical (unpaired) electrons. The summed E-state index contributed by atoms with van der Waals surface area (Å²) < 4.78 is 13.0. The van der Waals surface area contributed by atoms with E-state index < -0.39 is 11.7 Å². The van der Waals surface area contributed by atoms with Gasteiger partial charge in [0.25, 0.3) is 5.91 Å². The second kappa shape index (κ2) is 6.36. The van der Waals surface area contributed by atoms with Gasteiger partial charge in [0.1, 0.15) is 5.82 Å². The molecule has 0 aliphatic rings. The molecule has 0 bridgehead atoms. The second-order valence-corrected chi connectivity index (χ2v) is 5.54. The maximum atomic E-state index is 13.0. The summed E-state index contributed by atoms with van der Waals surface area (Å²) in [6, 6.07) is 3.58. The third-order valence-electron chi connectivity index (χ3n) is 2.41. The highest BCUT2D eigenvalue weighted by molar-refractivity contribution is 5.99. The fourth-order valence-electron chi connectivity index (χ4n) is 1.59. The molecule has 6 heteroatoms. The molecule has 0 atom stereocenters. The molecule has 5 nitrogen and oxygen atoms in total. The largest absolute Gasteiger partial charge is 0.398 e. The van der Waals surface area contributed by atoms with Crippen LogP contribution in [0.15, 0.2) is 18.2 Å². The summed E-state index contributed by atoms with van der Waals surface area (Å²) in [6.45, 7) is 5.78. The van der Waals surface area contributed by atoms with Crippen molar-refractivity contribution in [3.63, 3.8) is 0 Å². The van der Waals surface area contributed by atoms with Gasteiger partial charge in [-0.05, 0) is 39.0 Å². The summed E-state index contributed by atoms with van der Waals surface area (Å²) in [7, 11) is 0. The molecule has 0 unspecified atom stereocenters. The summed E-state index contributed by atoms with van der Waals surface area (Å²) in [5.74, 6) is -1.19. The molecule has 0 saturated carbocycles. The minimum absolute atomic E-state index is 0.0706. The first kappa shape index (κ1) is 15.9. The fourth-order valence-corrected chi connectivity index (χ4v) is 1.59. The Kier molecular flexibility index (Phi) is 5.07. The van der Waals surface area contributed by atoms with Gasteiger partial charge in [0.2, 0.25) is 5.91 Å². The summed E-state index contributed by atoms with van der Waals surface area (Å²) >= 11 is 0. The number of nitrogens with two attached hydrogens (primary N) is 1. The number of carbonyl (C=O) groups is 2. The molecule has 2 amide bonds. The lowest BCUT2D eigenvalue weighted by atomic mass is 10.1. The van der Waals surface area contributed by atoms with Crippen molar-refractivity contribution >= 4 is 17.5 Å².